The van der Waals surface area contributed by atoms with E-state index in [-0.39, 0.29) is 30.7 Å². The van der Waals surface area contributed by atoms with Gasteiger partial charge in [-0.2, -0.15) is 0 Å². The third-order valence-electron chi connectivity index (χ3n) is 4.39. The summed E-state index contributed by atoms with van der Waals surface area (Å²) in [5.74, 6) is -0.0436. The fraction of sp³-hybridized carbons (Fsp3) is 0.250. The zero-order chi connectivity index (χ0) is 19.4. The molecule has 0 aliphatic carbocycles. The standard InChI is InChI=1S/C20H19BrN2O4/c1-27-17-6-3-2-5-13(17)12-22-18(24)7-4-10-23-19(25)15-9-8-14(21)11-16(15)20(23)26/h2-3,5-6,8-9,11H,4,7,10,12H2,1H3,(H,22,24). The largest absolute Gasteiger partial charge is 0.496 e. The van der Waals surface area contributed by atoms with Gasteiger partial charge in [-0.25, -0.2) is 0 Å². The predicted octanol–water partition coefficient (Wildman–Crippen LogP) is 3.15. The first-order valence-corrected chi connectivity index (χ1v) is 9.35. The molecule has 0 fully saturated rings. The molecule has 0 radical (unpaired) electrons. The van der Waals surface area contributed by atoms with Gasteiger partial charge in [0.05, 0.1) is 18.2 Å². The van der Waals surface area contributed by atoms with Gasteiger partial charge in [-0.05, 0) is 30.7 Å². The molecule has 140 valence electrons. The number of benzene rings is 2. The van der Waals surface area contributed by atoms with Crippen LogP contribution < -0.4 is 10.1 Å². The number of ether oxygens (including phenoxy) is 1. The van der Waals surface area contributed by atoms with Crippen LogP contribution in [0.25, 0.3) is 0 Å². The van der Waals surface area contributed by atoms with Gasteiger partial charge in [-0.1, -0.05) is 34.1 Å². The fourth-order valence-electron chi connectivity index (χ4n) is 2.99. The molecule has 1 aliphatic heterocycles. The number of hydrogen-bond donors (Lipinski definition) is 1. The highest BCUT2D eigenvalue weighted by molar-refractivity contribution is 9.10. The highest BCUT2D eigenvalue weighted by atomic mass is 79.9. The molecule has 3 rings (SSSR count). The number of nitrogens with one attached hydrogen (secondary N) is 1. The molecule has 27 heavy (non-hydrogen) atoms. The third-order valence-corrected chi connectivity index (χ3v) is 4.88. The summed E-state index contributed by atoms with van der Waals surface area (Å²) in [6, 6.07) is 12.5. The van der Waals surface area contributed by atoms with Gasteiger partial charge < -0.3 is 10.1 Å². The summed E-state index contributed by atoms with van der Waals surface area (Å²) >= 11 is 3.31. The molecule has 2 aromatic carbocycles. The minimum atomic E-state index is -0.314. The molecule has 0 bridgehead atoms. The van der Waals surface area contributed by atoms with E-state index in [0.717, 1.165) is 15.8 Å². The summed E-state index contributed by atoms with van der Waals surface area (Å²) in [4.78, 5) is 38.0. The number of amides is 3. The summed E-state index contributed by atoms with van der Waals surface area (Å²) in [5, 5.41) is 2.83. The molecule has 0 saturated heterocycles. The van der Waals surface area contributed by atoms with Crippen LogP contribution in [0.5, 0.6) is 5.75 Å². The quantitative estimate of drug-likeness (QED) is 0.684. The van der Waals surface area contributed by atoms with E-state index >= 15 is 0 Å². The molecule has 0 saturated carbocycles. The molecule has 1 aliphatic rings. The average Bonchev–Trinajstić information content (AvgIpc) is 2.90. The van der Waals surface area contributed by atoms with Crippen LogP contribution in [0.4, 0.5) is 0 Å². The first kappa shape index (κ1) is 19.1. The number of rotatable bonds is 7. The molecular weight excluding hydrogens is 412 g/mol. The van der Waals surface area contributed by atoms with Gasteiger partial charge >= 0.3 is 0 Å². The number of methoxy groups -OCH3 is 1. The van der Waals surface area contributed by atoms with E-state index in [9.17, 15) is 14.4 Å². The Bertz CT molecular complexity index is 897. The first-order chi connectivity index (χ1) is 13.0. The monoisotopic (exact) mass is 430 g/mol. The number of carbonyl (C=O) groups is 3. The van der Waals surface area contributed by atoms with Crippen LogP contribution in [-0.2, 0) is 11.3 Å². The van der Waals surface area contributed by atoms with Crippen LogP contribution >= 0.6 is 15.9 Å². The second-order valence-electron chi connectivity index (χ2n) is 6.14. The molecule has 0 atom stereocenters. The van der Waals surface area contributed by atoms with Gasteiger partial charge in [-0.15, -0.1) is 0 Å². The van der Waals surface area contributed by atoms with Crippen molar-refractivity contribution in [2.24, 2.45) is 0 Å². The van der Waals surface area contributed by atoms with E-state index < -0.39 is 0 Å². The first-order valence-electron chi connectivity index (χ1n) is 8.55. The van der Waals surface area contributed by atoms with E-state index in [2.05, 4.69) is 21.2 Å². The van der Waals surface area contributed by atoms with Gasteiger partial charge in [0, 0.05) is 29.5 Å². The van der Waals surface area contributed by atoms with Crippen LogP contribution in [0, 0.1) is 0 Å². The van der Waals surface area contributed by atoms with Gasteiger partial charge in [0.15, 0.2) is 0 Å². The Labute approximate surface area is 165 Å². The Morgan fingerprint density at radius 1 is 1.11 bits per heavy atom. The van der Waals surface area contributed by atoms with Gasteiger partial charge in [0.1, 0.15) is 5.75 Å². The predicted molar refractivity (Wildman–Crippen MR) is 104 cm³/mol. The van der Waals surface area contributed by atoms with E-state index in [0.29, 0.717) is 24.1 Å². The molecule has 7 heteroatoms. The van der Waals surface area contributed by atoms with Gasteiger partial charge in [0.2, 0.25) is 5.91 Å². The van der Waals surface area contributed by atoms with Crippen molar-refractivity contribution in [2.75, 3.05) is 13.7 Å². The van der Waals surface area contributed by atoms with Crippen LogP contribution in [0.15, 0.2) is 46.9 Å². The number of halogens is 1. The van der Waals surface area contributed by atoms with Crippen molar-refractivity contribution >= 4 is 33.7 Å². The normalized spacial score (nSPS) is 12.9. The number of para-hydroxylation sites is 1. The average molecular weight is 431 g/mol. The minimum Gasteiger partial charge on any atom is -0.496 e. The van der Waals surface area contributed by atoms with Gasteiger partial charge in [0.25, 0.3) is 11.8 Å². The topological polar surface area (TPSA) is 75.7 Å². The third kappa shape index (κ3) is 4.19. The lowest BCUT2D eigenvalue weighted by molar-refractivity contribution is -0.121. The SMILES string of the molecule is COc1ccccc1CNC(=O)CCCN1C(=O)c2ccc(Br)cc2C1=O. The molecule has 3 amide bonds. The maximum absolute atomic E-state index is 12.4. The summed E-state index contributed by atoms with van der Waals surface area (Å²) in [7, 11) is 1.58. The van der Waals surface area contributed by atoms with Crippen molar-refractivity contribution in [2.45, 2.75) is 19.4 Å². The van der Waals surface area contributed by atoms with E-state index in [1.54, 1.807) is 25.3 Å². The Morgan fingerprint density at radius 3 is 2.63 bits per heavy atom. The molecule has 0 aromatic heterocycles. The highest BCUT2D eigenvalue weighted by Crippen LogP contribution is 2.26. The minimum absolute atomic E-state index is 0.139. The highest BCUT2D eigenvalue weighted by Gasteiger charge is 2.35. The number of imide groups is 1. The van der Waals surface area contributed by atoms with Crippen molar-refractivity contribution in [3.8, 4) is 5.75 Å². The number of fused-ring (bicyclic) bond motifs is 1. The Balaban J connectivity index is 1.49. The van der Waals surface area contributed by atoms with Crippen molar-refractivity contribution in [1.82, 2.24) is 10.2 Å². The number of hydrogen-bond acceptors (Lipinski definition) is 4. The molecule has 2 aromatic rings. The lowest BCUT2D eigenvalue weighted by Gasteiger charge is -2.13. The molecular formula is C20H19BrN2O4. The lowest BCUT2D eigenvalue weighted by atomic mass is 10.1. The molecule has 0 spiro atoms. The fourth-order valence-corrected chi connectivity index (χ4v) is 3.36. The zero-order valence-corrected chi connectivity index (χ0v) is 16.4. The van der Waals surface area contributed by atoms with E-state index in [1.165, 1.54) is 4.90 Å². The Morgan fingerprint density at radius 2 is 1.85 bits per heavy atom. The van der Waals surface area contributed by atoms with E-state index in [4.69, 9.17) is 4.74 Å². The van der Waals surface area contributed by atoms with Crippen LogP contribution in [-0.4, -0.2) is 36.3 Å². The molecule has 0 unspecified atom stereocenters. The maximum Gasteiger partial charge on any atom is 0.261 e. The summed E-state index contributed by atoms with van der Waals surface area (Å²) in [6.45, 7) is 0.579. The molecule has 6 nitrogen and oxygen atoms in total. The van der Waals surface area contributed by atoms with Crippen molar-refractivity contribution in [1.29, 1.82) is 0 Å². The maximum atomic E-state index is 12.4. The second-order valence-corrected chi connectivity index (χ2v) is 7.06. The van der Waals surface area contributed by atoms with E-state index in [1.807, 2.05) is 24.3 Å². The van der Waals surface area contributed by atoms with Crippen molar-refractivity contribution in [3.63, 3.8) is 0 Å². The summed E-state index contributed by atoms with van der Waals surface area (Å²) < 4.78 is 6.00. The zero-order valence-electron chi connectivity index (χ0n) is 14.8. The van der Waals surface area contributed by atoms with Gasteiger partial charge in [-0.3, -0.25) is 19.3 Å². The van der Waals surface area contributed by atoms with Crippen LogP contribution in [0.2, 0.25) is 0 Å². The summed E-state index contributed by atoms with van der Waals surface area (Å²) in [6.07, 6.45) is 0.636. The van der Waals surface area contributed by atoms with Crippen LogP contribution in [0.1, 0.15) is 39.1 Å². The second kappa shape index (κ2) is 8.35. The van der Waals surface area contributed by atoms with Crippen molar-refractivity contribution in [3.05, 3.63) is 63.6 Å². The Kier molecular flexibility index (Phi) is 5.91. The smallest absolute Gasteiger partial charge is 0.261 e. The molecule has 1 heterocycles. The number of nitrogens with zero attached hydrogens (tertiary/aromatic N) is 1. The van der Waals surface area contributed by atoms with Crippen molar-refractivity contribution < 1.29 is 19.1 Å². The van der Waals surface area contributed by atoms with Crippen LogP contribution in [0.3, 0.4) is 0 Å². The lowest BCUT2D eigenvalue weighted by Crippen LogP contribution is -2.32. The summed E-state index contributed by atoms with van der Waals surface area (Å²) in [5.41, 5.74) is 1.69. The number of carbonyl (C=O) groups excluding carboxylic acids is 3. The Hall–Kier alpha value is -2.67. The molecule has 1 N–H and O–H groups in total.